The highest BCUT2D eigenvalue weighted by Gasteiger charge is 2.30. The second-order valence-electron chi connectivity index (χ2n) is 5.55. The number of carbonyl (C=O) groups is 1. The number of nitrogens with one attached hydrogen (secondary N) is 1. The van der Waals surface area contributed by atoms with Gasteiger partial charge in [0.2, 0.25) is 0 Å². The Kier molecular flexibility index (Phi) is 4.04. The van der Waals surface area contributed by atoms with E-state index in [0.29, 0.717) is 37.0 Å². The zero-order valence-corrected chi connectivity index (χ0v) is 12.0. The van der Waals surface area contributed by atoms with E-state index in [1.165, 1.54) is 12.1 Å². The maximum absolute atomic E-state index is 13.7. The first kappa shape index (κ1) is 14.9. The van der Waals surface area contributed by atoms with E-state index < -0.39 is 17.3 Å². The second-order valence-corrected chi connectivity index (χ2v) is 5.55. The standard InChI is InChI=1S/C16H17FN2O3/c17-12-8-11-2-1-5-18-14(11)13(9-12)15(20)19-10-16(21)3-6-22-7-4-16/h1-2,5,8-9,21H,3-4,6-7,10H2,(H,19,20). The van der Waals surface area contributed by atoms with Crippen molar-refractivity contribution < 1.29 is 19.0 Å². The summed E-state index contributed by atoms with van der Waals surface area (Å²) in [7, 11) is 0. The number of hydrogen-bond acceptors (Lipinski definition) is 4. The minimum atomic E-state index is -0.968. The molecule has 1 aliphatic heterocycles. The lowest BCUT2D eigenvalue weighted by Crippen LogP contribution is -2.46. The SMILES string of the molecule is O=C(NCC1(O)CCOCC1)c1cc(F)cc2cccnc12. The highest BCUT2D eigenvalue weighted by atomic mass is 19.1. The molecule has 0 atom stereocenters. The Morgan fingerprint density at radius 2 is 2.18 bits per heavy atom. The zero-order valence-electron chi connectivity index (χ0n) is 12.0. The van der Waals surface area contributed by atoms with Crippen LogP contribution in [-0.4, -0.2) is 41.4 Å². The summed E-state index contributed by atoms with van der Waals surface area (Å²) in [5.41, 5.74) is -0.351. The van der Waals surface area contributed by atoms with Gasteiger partial charge in [-0.1, -0.05) is 6.07 Å². The van der Waals surface area contributed by atoms with Crippen molar-refractivity contribution in [3.8, 4) is 0 Å². The van der Waals surface area contributed by atoms with Crippen LogP contribution in [0, 0.1) is 5.82 Å². The largest absolute Gasteiger partial charge is 0.388 e. The molecule has 0 spiro atoms. The van der Waals surface area contributed by atoms with Gasteiger partial charge in [0.15, 0.2) is 0 Å². The molecule has 5 nitrogen and oxygen atoms in total. The van der Waals surface area contributed by atoms with Crippen LogP contribution in [0.2, 0.25) is 0 Å². The fourth-order valence-corrected chi connectivity index (χ4v) is 2.60. The third-order valence-corrected chi connectivity index (χ3v) is 3.92. The van der Waals surface area contributed by atoms with E-state index in [4.69, 9.17) is 4.74 Å². The molecule has 1 saturated heterocycles. The molecule has 2 heterocycles. The molecule has 22 heavy (non-hydrogen) atoms. The summed E-state index contributed by atoms with van der Waals surface area (Å²) in [5.74, 6) is -0.932. The van der Waals surface area contributed by atoms with Crippen LogP contribution in [0.1, 0.15) is 23.2 Å². The van der Waals surface area contributed by atoms with Crippen LogP contribution >= 0.6 is 0 Å². The first-order valence-electron chi connectivity index (χ1n) is 7.20. The van der Waals surface area contributed by atoms with Crippen molar-refractivity contribution in [2.75, 3.05) is 19.8 Å². The van der Waals surface area contributed by atoms with Crippen molar-refractivity contribution in [2.45, 2.75) is 18.4 Å². The van der Waals surface area contributed by atoms with E-state index in [0.717, 1.165) is 0 Å². The molecule has 1 amide bonds. The number of amides is 1. The number of ether oxygens (including phenoxy) is 1. The fourth-order valence-electron chi connectivity index (χ4n) is 2.60. The highest BCUT2D eigenvalue weighted by molar-refractivity contribution is 6.05. The van der Waals surface area contributed by atoms with Gasteiger partial charge in [0.05, 0.1) is 16.7 Å². The molecule has 0 saturated carbocycles. The van der Waals surface area contributed by atoms with Crippen molar-refractivity contribution in [2.24, 2.45) is 0 Å². The summed E-state index contributed by atoms with van der Waals surface area (Å²) < 4.78 is 18.9. The number of fused-ring (bicyclic) bond motifs is 1. The Morgan fingerprint density at radius 3 is 2.95 bits per heavy atom. The molecule has 2 N–H and O–H groups in total. The number of aromatic nitrogens is 1. The quantitative estimate of drug-likeness (QED) is 0.904. The van der Waals surface area contributed by atoms with E-state index in [1.54, 1.807) is 18.3 Å². The number of nitrogens with zero attached hydrogens (tertiary/aromatic N) is 1. The predicted octanol–water partition coefficient (Wildman–Crippen LogP) is 1.65. The summed E-state index contributed by atoms with van der Waals surface area (Å²) >= 11 is 0. The van der Waals surface area contributed by atoms with E-state index in [1.807, 2.05) is 0 Å². The van der Waals surface area contributed by atoms with Crippen LogP contribution in [0.25, 0.3) is 10.9 Å². The molecular formula is C16H17FN2O3. The van der Waals surface area contributed by atoms with Gasteiger partial charge in [-0.3, -0.25) is 9.78 Å². The first-order chi connectivity index (χ1) is 10.6. The van der Waals surface area contributed by atoms with E-state index in [2.05, 4.69) is 10.3 Å². The molecule has 1 fully saturated rings. The summed E-state index contributed by atoms with van der Waals surface area (Å²) in [6.07, 6.45) is 2.49. The van der Waals surface area contributed by atoms with E-state index in [-0.39, 0.29) is 12.1 Å². The van der Waals surface area contributed by atoms with Gasteiger partial charge in [-0.25, -0.2) is 4.39 Å². The first-order valence-corrected chi connectivity index (χ1v) is 7.20. The van der Waals surface area contributed by atoms with Crippen LogP contribution in [0.5, 0.6) is 0 Å². The van der Waals surface area contributed by atoms with Gasteiger partial charge in [0.25, 0.3) is 5.91 Å². The smallest absolute Gasteiger partial charge is 0.253 e. The average Bonchev–Trinajstić information content (AvgIpc) is 2.52. The number of pyridine rings is 1. The molecule has 3 rings (SSSR count). The van der Waals surface area contributed by atoms with Crippen LogP contribution in [0.4, 0.5) is 4.39 Å². The molecule has 2 aromatic rings. The number of aliphatic hydroxyl groups is 1. The van der Waals surface area contributed by atoms with Crippen LogP contribution in [-0.2, 0) is 4.74 Å². The number of hydrogen-bond donors (Lipinski definition) is 2. The molecule has 116 valence electrons. The maximum Gasteiger partial charge on any atom is 0.253 e. The summed E-state index contributed by atoms with van der Waals surface area (Å²) in [4.78, 5) is 16.5. The van der Waals surface area contributed by atoms with Gasteiger partial charge in [-0.05, 0) is 18.2 Å². The van der Waals surface area contributed by atoms with Gasteiger partial charge >= 0.3 is 0 Å². The lowest BCUT2D eigenvalue weighted by atomic mass is 9.94. The van der Waals surface area contributed by atoms with E-state index in [9.17, 15) is 14.3 Å². The molecule has 0 aliphatic carbocycles. The molecule has 6 heteroatoms. The molecule has 0 unspecified atom stereocenters. The van der Waals surface area contributed by atoms with Crippen molar-refractivity contribution in [1.29, 1.82) is 0 Å². The third-order valence-electron chi connectivity index (χ3n) is 3.92. The summed E-state index contributed by atoms with van der Waals surface area (Å²) in [6.45, 7) is 1.05. The molecule has 1 aromatic heterocycles. The summed E-state index contributed by atoms with van der Waals surface area (Å²) in [5, 5.41) is 13.6. The molecular weight excluding hydrogens is 287 g/mol. The highest BCUT2D eigenvalue weighted by Crippen LogP contribution is 2.21. The Hall–Kier alpha value is -2.05. The lowest BCUT2D eigenvalue weighted by molar-refractivity contribution is -0.0605. The third kappa shape index (κ3) is 3.08. The fraction of sp³-hybridized carbons (Fsp3) is 0.375. The minimum Gasteiger partial charge on any atom is -0.388 e. The molecule has 0 bridgehead atoms. The average molecular weight is 304 g/mol. The number of halogens is 1. The Bertz CT molecular complexity index is 699. The molecule has 1 aromatic carbocycles. The van der Waals surface area contributed by atoms with Gasteiger partial charge in [-0.2, -0.15) is 0 Å². The van der Waals surface area contributed by atoms with Crippen LogP contribution in [0.15, 0.2) is 30.5 Å². The molecule has 0 radical (unpaired) electrons. The van der Waals surface area contributed by atoms with Crippen molar-refractivity contribution in [3.63, 3.8) is 0 Å². The van der Waals surface area contributed by atoms with Gasteiger partial charge in [0.1, 0.15) is 5.82 Å². The van der Waals surface area contributed by atoms with Gasteiger partial charge < -0.3 is 15.2 Å². The number of benzene rings is 1. The normalized spacial score (nSPS) is 17.4. The minimum absolute atomic E-state index is 0.111. The Morgan fingerprint density at radius 1 is 1.41 bits per heavy atom. The lowest BCUT2D eigenvalue weighted by Gasteiger charge is -2.32. The Labute approximate surface area is 127 Å². The monoisotopic (exact) mass is 304 g/mol. The number of rotatable bonds is 3. The van der Waals surface area contributed by atoms with Crippen molar-refractivity contribution >= 4 is 16.8 Å². The summed E-state index contributed by atoms with van der Waals surface area (Å²) in [6, 6.07) is 5.90. The zero-order chi connectivity index (χ0) is 15.6. The molecule has 1 aliphatic rings. The van der Waals surface area contributed by atoms with Gasteiger partial charge in [0, 0.05) is 44.2 Å². The van der Waals surface area contributed by atoms with Crippen LogP contribution in [0.3, 0.4) is 0 Å². The predicted molar refractivity (Wildman–Crippen MR) is 79.0 cm³/mol. The topological polar surface area (TPSA) is 71.5 Å². The maximum atomic E-state index is 13.7. The van der Waals surface area contributed by atoms with Crippen molar-refractivity contribution in [3.05, 3.63) is 41.8 Å². The Balaban J connectivity index is 1.80. The van der Waals surface area contributed by atoms with Gasteiger partial charge in [-0.15, -0.1) is 0 Å². The second kappa shape index (κ2) is 5.98. The number of carbonyl (C=O) groups excluding carboxylic acids is 1. The van der Waals surface area contributed by atoms with Crippen molar-refractivity contribution in [1.82, 2.24) is 10.3 Å². The van der Waals surface area contributed by atoms with E-state index >= 15 is 0 Å². The van der Waals surface area contributed by atoms with Crippen LogP contribution < -0.4 is 5.32 Å².